The second-order valence-corrected chi connectivity index (χ2v) is 5.81. The minimum Gasteiger partial charge on any atom is -0.453 e. The maximum atomic E-state index is 14.6. The second-order valence-electron chi connectivity index (χ2n) is 5.81. The number of nitrogens with zero attached hydrogens (tertiary/aromatic N) is 1. The number of ether oxygens (including phenoxy) is 2. The molecule has 0 aliphatic carbocycles. The van der Waals surface area contributed by atoms with Crippen molar-refractivity contribution in [3.8, 4) is 11.5 Å². The molecule has 5 heteroatoms. The molecule has 0 saturated carbocycles. The highest BCUT2D eigenvalue weighted by atomic mass is 19.1. The molecular formula is C16H19FN2O2. The molecule has 0 unspecified atom stereocenters. The Morgan fingerprint density at radius 2 is 2.05 bits per heavy atom. The molecule has 1 aromatic carbocycles. The molecule has 4 nitrogen and oxygen atoms in total. The first-order valence-electron chi connectivity index (χ1n) is 7.63. The number of hydrogen-bond acceptors (Lipinski definition) is 3. The van der Waals surface area contributed by atoms with Gasteiger partial charge in [0, 0.05) is 24.2 Å². The highest BCUT2D eigenvalue weighted by molar-refractivity contribution is 5.87. The Labute approximate surface area is 122 Å². The Balaban J connectivity index is 1.60. The number of nitrogens with one attached hydrogen (secondary N) is 1. The Morgan fingerprint density at radius 1 is 1.19 bits per heavy atom. The summed E-state index contributed by atoms with van der Waals surface area (Å²) in [5.41, 5.74) is 1.80. The van der Waals surface area contributed by atoms with E-state index in [1.807, 2.05) is 12.3 Å². The van der Waals surface area contributed by atoms with E-state index in [4.69, 9.17) is 9.47 Å². The number of likely N-dealkylation sites (tertiary alicyclic amines) is 1. The van der Waals surface area contributed by atoms with E-state index < -0.39 is 0 Å². The summed E-state index contributed by atoms with van der Waals surface area (Å²) in [6.45, 7) is 3.41. The van der Waals surface area contributed by atoms with Crippen molar-refractivity contribution in [2.75, 3.05) is 26.4 Å². The predicted molar refractivity (Wildman–Crippen MR) is 78.4 cm³/mol. The van der Waals surface area contributed by atoms with Crippen LogP contribution < -0.4 is 9.47 Å². The van der Waals surface area contributed by atoms with Crippen LogP contribution in [0.3, 0.4) is 0 Å². The molecule has 112 valence electrons. The molecule has 1 N–H and O–H groups in total. The number of hydrogen-bond donors (Lipinski definition) is 1. The third-order valence-corrected chi connectivity index (χ3v) is 4.47. The van der Waals surface area contributed by atoms with Gasteiger partial charge in [-0.1, -0.05) is 6.42 Å². The van der Waals surface area contributed by atoms with Crippen molar-refractivity contribution in [3.63, 3.8) is 0 Å². The number of halogens is 1. The zero-order valence-electron chi connectivity index (χ0n) is 12.0. The summed E-state index contributed by atoms with van der Waals surface area (Å²) in [5, 5.41) is 0.649. The average Bonchev–Trinajstić information content (AvgIpc) is 3.13. The van der Waals surface area contributed by atoms with E-state index in [9.17, 15) is 4.39 Å². The Morgan fingerprint density at radius 3 is 2.90 bits per heavy atom. The maximum absolute atomic E-state index is 14.6. The first-order chi connectivity index (χ1) is 10.3. The highest BCUT2D eigenvalue weighted by Crippen LogP contribution is 2.40. The lowest BCUT2D eigenvalue weighted by Gasteiger charge is -2.26. The minimum absolute atomic E-state index is 0.0992. The van der Waals surface area contributed by atoms with Gasteiger partial charge in [-0.15, -0.1) is 0 Å². The molecule has 0 bridgehead atoms. The molecular weight excluding hydrogens is 271 g/mol. The van der Waals surface area contributed by atoms with Crippen LogP contribution in [0.4, 0.5) is 4.39 Å². The van der Waals surface area contributed by atoms with E-state index >= 15 is 0 Å². The van der Waals surface area contributed by atoms with Crippen LogP contribution in [0.15, 0.2) is 12.3 Å². The standard InChI is InChI=1S/C16H19FN2O2/c17-15-14-11(4-7-19-5-2-1-3-6-19)9-18-12(14)8-13-16(15)21-10-20-13/h8-9,18H,1-7,10H2. The molecule has 1 fully saturated rings. The first-order valence-corrected chi connectivity index (χ1v) is 7.63. The number of rotatable bonds is 3. The van der Waals surface area contributed by atoms with Crippen LogP contribution in [0.1, 0.15) is 24.8 Å². The van der Waals surface area contributed by atoms with Crippen LogP contribution in [-0.4, -0.2) is 36.3 Å². The zero-order valence-corrected chi connectivity index (χ0v) is 12.0. The van der Waals surface area contributed by atoms with Crippen LogP contribution in [0.25, 0.3) is 10.9 Å². The van der Waals surface area contributed by atoms with Crippen molar-refractivity contribution in [2.24, 2.45) is 0 Å². The second kappa shape index (κ2) is 5.22. The Hall–Kier alpha value is -1.75. The lowest BCUT2D eigenvalue weighted by molar-refractivity contribution is 0.171. The molecule has 1 aromatic heterocycles. The molecule has 2 aliphatic heterocycles. The molecule has 0 amide bonds. The minimum atomic E-state index is -0.296. The van der Waals surface area contributed by atoms with Crippen LogP contribution in [0.2, 0.25) is 0 Å². The van der Waals surface area contributed by atoms with Crippen molar-refractivity contribution < 1.29 is 13.9 Å². The summed E-state index contributed by atoms with van der Waals surface area (Å²) in [5.74, 6) is 0.445. The molecule has 0 radical (unpaired) electrons. The summed E-state index contributed by atoms with van der Waals surface area (Å²) in [7, 11) is 0. The number of fused-ring (bicyclic) bond motifs is 2. The molecule has 2 aliphatic rings. The van der Waals surface area contributed by atoms with E-state index in [1.165, 1.54) is 19.3 Å². The van der Waals surface area contributed by atoms with Gasteiger partial charge in [-0.25, -0.2) is 4.39 Å². The summed E-state index contributed by atoms with van der Waals surface area (Å²) in [6, 6.07) is 1.82. The molecule has 21 heavy (non-hydrogen) atoms. The number of piperidine rings is 1. The summed E-state index contributed by atoms with van der Waals surface area (Å²) < 4.78 is 25.1. The maximum Gasteiger partial charge on any atom is 0.231 e. The van der Waals surface area contributed by atoms with E-state index in [0.29, 0.717) is 11.1 Å². The monoisotopic (exact) mass is 290 g/mol. The first kappa shape index (κ1) is 13.0. The van der Waals surface area contributed by atoms with Gasteiger partial charge in [-0.05, 0) is 37.9 Å². The lowest BCUT2D eigenvalue weighted by Crippen LogP contribution is -2.31. The molecule has 1 saturated heterocycles. The number of aromatic nitrogens is 1. The molecule has 2 aromatic rings. The van der Waals surface area contributed by atoms with Gasteiger partial charge in [-0.3, -0.25) is 0 Å². The highest BCUT2D eigenvalue weighted by Gasteiger charge is 2.23. The van der Waals surface area contributed by atoms with E-state index in [2.05, 4.69) is 9.88 Å². The van der Waals surface area contributed by atoms with Crippen molar-refractivity contribution in [2.45, 2.75) is 25.7 Å². The number of H-pyrrole nitrogens is 1. The van der Waals surface area contributed by atoms with Crippen LogP contribution in [0, 0.1) is 5.82 Å². The lowest BCUT2D eigenvalue weighted by atomic mass is 10.1. The van der Waals surface area contributed by atoms with Crippen molar-refractivity contribution in [3.05, 3.63) is 23.6 Å². The molecule has 0 spiro atoms. The largest absolute Gasteiger partial charge is 0.453 e. The Bertz CT molecular complexity index is 662. The Kier molecular flexibility index (Phi) is 3.22. The molecule has 4 rings (SSSR count). The summed E-state index contributed by atoms with van der Waals surface area (Å²) in [6.07, 6.45) is 6.66. The van der Waals surface area contributed by atoms with Crippen molar-refractivity contribution in [1.29, 1.82) is 0 Å². The van der Waals surface area contributed by atoms with Gasteiger partial charge in [0.05, 0.1) is 5.52 Å². The zero-order chi connectivity index (χ0) is 14.2. The van der Waals surface area contributed by atoms with Gasteiger partial charge in [0.1, 0.15) is 0 Å². The molecule has 0 atom stereocenters. The van der Waals surface area contributed by atoms with Gasteiger partial charge in [0.2, 0.25) is 12.5 Å². The number of aromatic amines is 1. The fraction of sp³-hybridized carbons (Fsp3) is 0.500. The fourth-order valence-corrected chi connectivity index (χ4v) is 3.33. The quantitative estimate of drug-likeness (QED) is 0.944. The van der Waals surface area contributed by atoms with Crippen LogP contribution in [0.5, 0.6) is 11.5 Å². The normalized spacial score (nSPS) is 18.5. The van der Waals surface area contributed by atoms with Crippen LogP contribution >= 0.6 is 0 Å². The predicted octanol–water partition coefficient (Wildman–Crippen LogP) is 3.06. The summed E-state index contributed by atoms with van der Waals surface area (Å²) in [4.78, 5) is 5.62. The summed E-state index contributed by atoms with van der Waals surface area (Å²) >= 11 is 0. The van der Waals surface area contributed by atoms with E-state index in [0.717, 1.165) is 37.1 Å². The van der Waals surface area contributed by atoms with Crippen LogP contribution in [-0.2, 0) is 6.42 Å². The SMILES string of the molecule is Fc1c2c(cc3[nH]cc(CCN4CCCCC4)c13)OCO2. The van der Waals surface area contributed by atoms with Gasteiger partial charge < -0.3 is 19.4 Å². The van der Waals surface area contributed by atoms with E-state index in [-0.39, 0.29) is 18.4 Å². The van der Waals surface area contributed by atoms with Crippen molar-refractivity contribution in [1.82, 2.24) is 9.88 Å². The smallest absolute Gasteiger partial charge is 0.231 e. The van der Waals surface area contributed by atoms with Gasteiger partial charge >= 0.3 is 0 Å². The van der Waals surface area contributed by atoms with Crippen molar-refractivity contribution >= 4 is 10.9 Å². The fourth-order valence-electron chi connectivity index (χ4n) is 3.33. The third kappa shape index (κ3) is 2.25. The third-order valence-electron chi connectivity index (χ3n) is 4.47. The van der Waals surface area contributed by atoms with Gasteiger partial charge in [-0.2, -0.15) is 0 Å². The average molecular weight is 290 g/mol. The van der Waals surface area contributed by atoms with E-state index in [1.54, 1.807) is 0 Å². The van der Waals surface area contributed by atoms with Gasteiger partial charge in [0.15, 0.2) is 11.6 Å². The topological polar surface area (TPSA) is 37.5 Å². The molecule has 3 heterocycles. The number of benzene rings is 1. The van der Waals surface area contributed by atoms with Gasteiger partial charge in [0.25, 0.3) is 0 Å².